The highest BCUT2D eigenvalue weighted by molar-refractivity contribution is 7.92. The topological polar surface area (TPSA) is 105 Å². The lowest BCUT2D eigenvalue weighted by molar-refractivity contribution is -0.140. The molecule has 3 aromatic rings. The van der Waals surface area contributed by atoms with Gasteiger partial charge in [-0.1, -0.05) is 73.7 Å². The molecule has 1 heterocycles. The predicted molar refractivity (Wildman–Crippen MR) is 175 cm³/mol. The minimum Gasteiger partial charge on any atom is -0.486 e. The van der Waals surface area contributed by atoms with Crippen molar-refractivity contribution in [1.82, 2.24) is 10.2 Å². The van der Waals surface area contributed by atoms with Gasteiger partial charge in [0.1, 0.15) is 25.8 Å². The number of carbonyl (C=O) groups excluding carboxylic acids is 2. The maximum Gasteiger partial charge on any atom is 0.264 e. The van der Waals surface area contributed by atoms with Crippen molar-refractivity contribution in [2.45, 2.75) is 69.0 Å². The Morgan fingerprint density at radius 1 is 0.911 bits per heavy atom. The summed E-state index contributed by atoms with van der Waals surface area (Å²) in [5.41, 5.74) is 0.879. The molecule has 2 aliphatic rings. The number of amides is 2. The van der Waals surface area contributed by atoms with E-state index in [0.717, 1.165) is 36.4 Å². The van der Waals surface area contributed by atoms with Crippen LogP contribution in [0.1, 0.15) is 51.0 Å². The molecule has 0 aromatic heterocycles. The highest BCUT2D eigenvalue weighted by Crippen LogP contribution is 2.36. The van der Waals surface area contributed by atoms with Gasteiger partial charge in [-0.2, -0.15) is 0 Å². The van der Waals surface area contributed by atoms with E-state index >= 15 is 0 Å². The van der Waals surface area contributed by atoms with Gasteiger partial charge in [-0.3, -0.25) is 13.9 Å². The molecule has 1 N–H and O–H groups in total. The van der Waals surface area contributed by atoms with Crippen molar-refractivity contribution in [2.24, 2.45) is 0 Å². The second kappa shape index (κ2) is 14.7. The predicted octanol–water partition coefficient (Wildman–Crippen LogP) is 6.22. The van der Waals surface area contributed by atoms with E-state index in [0.29, 0.717) is 46.7 Å². The van der Waals surface area contributed by atoms with Gasteiger partial charge >= 0.3 is 0 Å². The van der Waals surface area contributed by atoms with Crippen LogP contribution >= 0.6 is 23.2 Å². The molecule has 2 amide bonds. The summed E-state index contributed by atoms with van der Waals surface area (Å²) in [5.74, 6) is 0.0428. The zero-order chi connectivity index (χ0) is 32.0. The second-order valence-electron chi connectivity index (χ2n) is 11.2. The first kappa shape index (κ1) is 32.9. The van der Waals surface area contributed by atoms with E-state index < -0.39 is 28.5 Å². The summed E-state index contributed by atoms with van der Waals surface area (Å²) in [7, 11) is -4.22. The largest absolute Gasteiger partial charge is 0.486 e. The number of nitrogens with one attached hydrogen (secondary N) is 1. The van der Waals surface area contributed by atoms with Crippen LogP contribution < -0.4 is 19.1 Å². The van der Waals surface area contributed by atoms with Gasteiger partial charge in [0.05, 0.1) is 20.6 Å². The molecule has 1 aliphatic carbocycles. The Bertz CT molecular complexity index is 1620. The molecule has 1 unspecified atom stereocenters. The van der Waals surface area contributed by atoms with Crippen LogP contribution in [0.15, 0.2) is 71.6 Å². The van der Waals surface area contributed by atoms with E-state index in [4.69, 9.17) is 32.7 Å². The summed E-state index contributed by atoms with van der Waals surface area (Å²) in [4.78, 5) is 29.5. The maximum atomic E-state index is 14.4. The lowest BCUT2D eigenvalue weighted by Gasteiger charge is -2.34. The first-order chi connectivity index (χ1) is 21.7. The molecule has 0 bridgehead atoms. The van der Waals surface area contributed by atoms with Crippen LogP contribution in [0.4, 0.5) is 5.69 Å². The molecule has 3 aromatic carbocycles. The SMILES string of the molecule is CCC(C(=O)NC1CCCCC1)N(Cc1ccc(Cl)c(Cl)c1)C(=O)CN(c1ccc2c(c1)OCCO2)S(=O)(=O)c1ccccc1. The third-order valence-corrected chi connectivity index (χ3v) is 10.6. The molecule has 5 rings (SSSR count). The van der Waals surface area contributed by atoms with Crippen LogP contribution in [0, 0.1) is 0 Å². The molecule has 0 saturated heterocycles. The Hall–Kier alpha value is -3.47. The minimum atomic E-state index is -4.22. The van der Waals surface area contributed by atoms with Crippen molar-refractivity contribution < 1.29 is 27.5 Å². The summed E-state index contributed by atoms with van der Waals surface area (Å²) in [5, 5.41) is 3.82. The van der Waals surface area contributed by atoms with E-state index in [1.807, 2.05) is 6.92 Å². The Kier molecular flexibility index (Phi) is 10.8. The van der Waals surface area contributed by atoms with Gasteiger partial charge in [-0.05, 0) is 61.2 Å². The lowest BCUT2D eigenvalue weighted by Crippen LogP contribution is -2.54. The average Bonchev–Trinajstić information content (AvgIpc) is 3.05. The van der Waals surface area contributed by atoms with Crippen LogP contribution in [0.2, 0.25) is 10.0 Å². The monoisotopic (exact) mass is 673 g/mol. The number of benzene rings is 3. The second-order valence-corrected chi connectivity index (χ2v) is 13.9. The Labute approximate surface area is 274 Å². The van der Waals surface area contributed by atoms with Crippen LogP contribution in [-0.4, -0.2) is 57.0 Å². The highest BCUT2D eigenvalue weighted by atomic mass is 35.5. The molecular formula is C33H37Cl2N3O6S. The zero-order valence-electron chi connectivity index (χ0n) is 25.1. The molecule has 9 nitrogen and oxygen atoms in total. The van der Waals surface area contributed by atoms with Crippen molar-refractivity contribution in [2.75, 3.05) is 24.1 Å². The third-order valence-electron chi connectivity index (χ3n) is 8.10. The number of anilines is 1. The van der Waals surface area contributed by atoms with Crippen molar-refractivity contribution in [3.63, 3.8) is 0 Å². The molecule has 1 fully saturated rings. The third kappa shape index (κ3) is 7.85. The smallest absolute Gasteiger partial charge is 0.264 e. The Balaban J connectivity index is 1.51. The number of nitrogens with zero attached hydrogens (tertiary/aromatic N) is 2. The fraction of sp³-hybridized carbons (Fsp3) is 0.394. The van der Waals surface area contributed by atoms with Gasteiger partial charge in [-0.25, -0.2) is 8.42 Å². The number of fused-ring (bicyclic) bond motifs is 1. The van der Waals surface area contributed by atoms with Crippen LogP contribution in [0.5, 0.6) is 11.5 Å². The van der Waals surface area contributed by atoms with Gasteiger partial charge in [0.15, 0.2) is 11.5 Å². The van der Waals surface area contributed by atoms with Crippen LogP contribution in [-0.2, 0) is 26.2 Å². The van der Waals surface area contributed by atoms with Crippen molar-refractivity contribution in [3.05, 3.63) is 82.3 Å². The highest BCUT2D eigenvalue weighted by Gasteiger charge is 2.35. The molecule has 0 spiro atoms. The van der Waals surface area contributed by atoms with Crippen LogP contribution in [0.3, 0.4) is 0 Å². The van der Waals surface area contributed by atoms with Crippen molar-refractivity contribution in [3.8, 4) is 11.5 Å². The first-order valence-corrected chi connectivity index (χ1v) is 17.4. The van der Waals surface area contributed by atoms with Gasteiger partial charge in [0, 0.05) is 18.7 Å². The minimum absolute atomic E-state index is 0.0193. The number of hydrogen-bond donors (Lipinski definition) is 1. The molecule has 1 aliphatic heterocycles. The zero-order valence-corrected chi connectivity index (χ0v) is 27.4. The van der Waals surface area contributed by atoms with E-state index in [-0.39, 0.29) is 29.1 Å². The van der Waals surface area contributed by atoms with E-state index in [2.05, 4.69) is 5.32 Å². The first-order valence-electron chi connectivity index (χ1n) is 15.2. The van der Waals surface area contributed by atoms with E-state index in [1.165, 1.54) is 17.0 Å². The summed E-state index contributed by atoms with van der Waals surface area (Å²) < 4.78 is 40.6. The molecular weight excluding hydrogens is 637 g/mol. The lowest BCUT2D eigenvalue weighted by atomic mass is 9.95. The summed E-state index contributed by atoms with van der Waals surface area (Å²) >= 11 is 12.5. The van der Waals surface area contributed by atoms with Crippen molar-refractivity contribution >= 4 is 50.7 Å². The van der Waals surface area contributed by atoms with Gasteiger partial charge in [0.25, 0.3) is 10.0 Å². The Morgan fingerprint density at radius 2 is 1.62 bits per heavy atom. The van der Waals surface area contributed by atoms with Crippen LogP contribution in [0.25, 0.3) is 0 Å². The van der Waals surface area contributed by atoms with Crippen molar-refractivity contribution in [1.29, 1.82) is 0 Å². The quantitative estimate of drug-likeness (QED) is 0.259. The number of hydrogen-bond acceptors (Lipinski definition) is 6. The standard InChI is InChI=1S/C33H37Cl2N3O6S/c1-2-29(33(40)36-24-9-5-3-6-10-24)37(21-23-13-15-27(34)28(35)19-23)32(39)22-38(45(41,42)26-11-7-4-8-12-26)25-14-16-30-31(20-25)44-18-17-43-30/h4,7-8,11-16,19-20,24,29H,2-3,5-6,9-10,17-18,21-22H2,1H3,(H,36,40). The number of sulfonamides is 1. The summed E-state index contributed by atoms with van der Waals surface area (Å²) in [6.45, 7) is 1.98. The number of halogens is 2. The molecule has 1 atom stereocenters. The number of ether oxygens (including phenoxy) is 2. The van der Waals surface area contributed by atoms with E-state index in [1.54, 1.807) is 54.6 Å². The molecule has 240 valence electrons. The summed E-state index contributed by atoms with van der Waals surface area (Å²) in [6.07, 6.45) is 5.30. The maximum absolute atomic E-state index is 14.4. The fourth-order valence-corrected chi connectivity index (χ4v) is 7.48. The molecule has 45 heavy (non-hydrogen) atoms. The summed E-state index contributed by atoms with van der Waals surface area (Å²) in [6, 6.07) is 16.9. The fourth-order valence-electron chi connectivity index (χ4n) is 5.73. The van der Waals surface area contributed by atoms with Gasteiger partial charge < -0.3 is 19.7 Å². The number of carbonyl (C=O) groups is 2. The molecule has 1 saturated carbocycles. The normalized spacial score (nSPS) is 15.6. The Morgan fingerprint density at radius 3 is 2.31 bits per heavy atom. The number of rotatable bonds is 11. The average molecular weight is 675 g/mol. The van der Waals surface area contributed by atoms with E-state index in [9.17, 15) is 18.0 Å². The molecule has 12 heteroatoms. The molecule has 0 radical (unpaired) electrons. The van der Waals surface area contributed by atoms with Gasteiger partial charge in [0.2, 0.25) is 11.8 Å². The van der Waals surface area contributed by atoms with Gasteiger partial charge in [-0.15, -0.1) is 0 Å².